The summed E-state index contributed by atoms with van der Waals surface area (Å²) in [5.41, 5.74) is 0. The van der Waals surface area contributed by atoms with Gasteiger partial charge < -0.3 is 65.6 Å². The molecule has 0 aliphatic carbocycles. The Kier molecular flexibility index (Phi) is 30.4. The maximum atomic E-state index is 14.7. The van der Waals surface area contributed by atoms with Gasteiger partial charge in [0.25, 0.3) is 0 Å². The van der Waals surface area contributed by atoms with Crippen LogP contribution in [0.2, 0.25) is 0 Å². The van der Waals surface area contributed by atoms with Gasteiger partial charge in [-0.1, -0.05) is 62.3 Å². The number of carboxylic acids is 1. The third-order valence-electron chi connectivity index (χ3n) is 14.9. The molecule has 0 bridgehead atoms. The number of amides is 12. The Morgan fingerprint density at radius 1 is 0.482 bits per heavy atom. The number of hydrogen-bond donors (Lipinski definition) is 5. The number of carbonyl (C=O) groups excluding carboxylic acids is 12. The van der Waals surface area contributed by atoms with E-state index in [1.807, 2.05) is 41.5 Å². The SMILES string of the molecule is CC(=O)N(CCC(=O)O)CCC(C)CC1C(=O)NC(C)C(=O)N(C)CC(=O)N(C)C(CC(C)C)C(=O)NC(C(C)C)C(=O)N(C)CC(=O)NC(C)C(=O)NC(C)C(=O)N(C)C(CC(C)C)C(=O)N(C)C(CC(C)C)C(=O)N(C)CC(=O)N1C. The van der Waals surface area contributed by atoms with Crippen LogP contribution in [0.15, 0.2) is 0 Å². The van der Waals surface area contributed by atoms with Gasteiger partial charge in [-0.3, -0.25) is 62.3 Å². The van der Waals surface area contributed by atoms with E-state index in [9.17, 15) is 67.4 Å². The average Bonchev–Trinajstić information content (AvgIpc) is 3.54. The number of nitrogens with one attached hydrogen (secondary N) is 4. The van der Waals surface area contributed by atoms with Crippen LogP contribution in [0.4, 0.5) is 0 Å². The predicted molar refractivity (Wildman–Crippen MR) is 310 cm³/mol. The zero-order valence-corrected chi connectivity index (χ0v) is 53.1. The molecule has 1 aliphatic rings. The summed E-state index contributed by atoms with van der Waals surface area (Å²) in [4.78, 5) is 188. The van der Waals surface area contributed by atoms with Gasteiger partial charge in [-0.2, -0.15) is 0 Å². The van der Waals surface area contributed by atoms with Crippen LogP contribution in [0.5, 0.6) is 0 Å². The second-order valence-corrected chi connectivity index (χ2v) is 24.2. The largest absolute Gasteiger partial charge is 0.481 e. The van der Waals surface area contributed by atoms with Crippen LogP contribution < -0.4 is 21.3 Å². The molecular formula is C57H100N12O14. The van der Waals surface area contributed by atoms with Crippen molar-refractivity contribution >= 4 is 76.9 Å². The van der Waals surface area contributed by atoms with Crippen molar-refractivity contribution < 1.29 is 67.4 Å². The smallest absolute Gasteiger partial charge is 0.305 e. The summed E-state index contributed by atoms with van der Waals surface area (Å²) in [6.45, 7) is 20.1. The van der Waals surface area contributed by atoms with E-state index in [0.29, 0.717) is 0 Å². The molecule has 0 aromatic heterocycles. The van der Waals surface area contributed by atoms with Crippen LogP contribution >= 0.6 is 0 Å². The first-order chi connectivity index (χ1) is 38.2. The first-order valence-electron chi connectivity index (χ1n) is 28.7. The van der Waals surface area contributed by atoms with Crippen molar-refractivity contribution in [3.8, 4) is 0 Å². The van der Waals surface area contributed by atoms with Gasteiger partial charge in [0.15, 0.2) is 0 Å². The lowest BCUT2D eigenvalue weighted by atomic mass is 9.96. The van der Waals surface area contributed by atoms with Crippen LogP contribution in [0, 0.1) is 29.6 Å². The van der Waals surface area contributed by atoms with Crippen molar-refractivity contribution in [1.82, 2.24) is 60.5 Å². The number of carbonyl (C=O) groups is 13. The van der Waals surface area contributed by atoms with Gasteiger partial charge in [-0.25, -0.2) is 0 Å². The molecule has 26 heteroatoms. The number of carboxylic acid groups (broad SMARTS) is 1. The lowest BCUT2D eigenvalue weighted by Crippen LogP contribution is -2.59. The molecule has 26 nitrogen and oxygen atoms in total. The molecule has 9 unspecified atom stereocenters. The van der Waals surface area contributed by atoms with E-state index in [4.69, 9.17) is 0 Å². The van der Waals surface area contributed by atoms with Crippen LogP contribution in [0.3, 0.4) is 0 Å². The van der Waals surface area contributed by atoms with E-state index in [0.717, 1.165) is 19.6 Å². The van der Waals surface area contributed by atoms with Gasteiger partial charge in [-0.15, -0.1) is 0 Å². The quantitative estimate of drug-likeness (QED) is 0.147. The first kappa shape index (κ1) is 74.1. The maximum Gasteiger partial charge on any atom is 0.305 e. The van der Waals surface area contributed by atoms with E-state index < -0.39 is 151 Å². The second kappa shape index (κ2) is 34.0. The minimum atomic E-state index is -1.29. The molecule has 5 N–H and O–H groups in total. The Morgan fingerprint density at radius 3 is 1.36 bits per heavy atom. The van der Waals surface area contributed by atoms with E-state index in [-0.39, 0.29) is 75.3 Å². The molecule has 0 spiro atoms. The van der Waals surface area contributed by atoms with Crippen molar-refractivity contribution in [3.05, 3.63) is 0 Å². The standard InChI is InChI=1S/C57H100N12O14/c1-32(2)25-41-52(78)61-49(35(7)8)57(83)62(14)29-45(71)58-37(10)50(76)59-39(12)54(80)67(19)44(27-34(5)6)56(82)68(20)43(26-33(3)4)55(81)64(16)31-47(73)66(18)42(28-36(9)21-23-69(40(13)70)24-22-48(74)75)51(77)60-38(11)53(79)63(15)30-46(72)65(41)17/h32-39,41-44,49H,21-31H2,1-20H3,(H,58,71)(H,59,76)(H,60,77)(H,61,78)(H,74,75). The van der Waals surface area contributed by atoms with Gasteiger partial charge >= 0.3 is 5.97 Å². The Hall–Kier alpha value is -6.89. The Bertz CT molecular complexity index is 2310. The lowest BCUT2D eigenvalue weighted by Gasteiger charge is -2.38. The topological polar surface area (TPSA) is 316 Å². The summed E-state index contributed by atoms with van der Waals surface area (Å²) in [5.74, 6) is -10.3. The van der Waals surface area contributed by atoms with Crippen molar-refractivity contribution in [2.45, 2.75) is 177 Å². The highest BCUT2D eigenvalue weighted by molar-refractivity contribution is 5.98. The molecule has 12 amide bonds. The molecule has 1 fully saturated rings. The van der Waals surface area contributed by atoms with E-state index >= 15 is 0 Å². The monoisotopic (exact) mass is 1180 g/mol. The van der Waals surface area contributed by atoms with Crippen LogP contribution in [-0.4, -0.2) is 252 Å². The molecule has 1 aliphatic heterocycles. The molecule has 1 rings (SSSR count). The molecule has 0 radical (unpaired) electrons. The number of nitrogens with zero attached hydrogens (tertiary/aromatic N) is 8. The fourth-order valence-corrected chi connectivity index (χ4v) is 9.59. The van der Waals surface area contributed by atoms with Gasteiger partial charge in [-0.05, 0) is 82.5 Å². The highest BCUT2D eigenvalue weighted by atomic mass is 16.4. The summed E-state index contributed by atoms with van der Waals surface area (Å²) in [6, 6.07) is -9.59. The molecule has 9 atom stereocenters. The lowest BCUT2D eigenvalue weighted by molar-refractivity contribution is -0.152. The fourth-order valence-electron chi connectivity index (χ4n) is 9.59. The third-order valence-corrected chi connectivity index (χ3v) is 14.9. The van der Waals surface area contributed by atoms with Crippen LogP contribution in [0.25, 0.3) is 0 Å². The van der Waals surface area contributed by atoms with Gasteiger partial charge in [0.05, 0.1) is 26.1 Å². The minimum Gasteiger partial charge on any atom is -0.481 e. The number of hydrogen-bond acceptors (Lipinski definition) is 13. The first-order valence-corrected chi connectivity index (χ1v) is 28.7. The number of likely N-dealkylation sites (N-methyl/N-ethyl adjacent to an activating group) is 7. The molecule has 1 heterocycles. The number of aliphatic carboxylic acids is 1. The molecule has 0 saturated carbocycles. The molecule has 1 saturated heterocycles. The molecule has 83 heavy (non-hydrogen) atoms. The summed E-state index contributed by atoms with van der Waals surface area (Å²) in [5, 5.41) is 19.8. The highest BCUT2D eigenvalue weighted by Crippen LogP contribution is 2.22. The summed E-state index contributed by atoms with van der Waals surface area (Å²) < 4.78 is 0. The highest BCUT2D eigenvalue weighted by Gasteiger charge is 2.40. The van der Waals surface area contributed by atoms with Crippen LogP contribution in [-0.2, 0) is 62.3 Å². The maximum absolute atomic E-state index is 14.7. The van der Waals surface area contributed by atoms with E-state index in [1.54, 1.807) is 20.8 Å². The van der Waals surface area contributed by atoms with Crippen LogP contribution in [0.1, 0.15) is 129 Å². The Balaban J connectivity index is 4.02. The fraction of sp³-hybridized carbons (Fsp3) is 0.772. The normalized spacial score (nSPS) is 24.7. The van der Waals surface area contributed by atoms with Crippen molar-refractivity contribution in [2.75, 3.05) is 82.1 Å². The molecular weight excluding hydrogens is 1080 g/mol. The minimum absolute atomic E-state index is 0.0255. The summed E-state index contributed by atoms with van der Waals surface area (Å²) in [6.07, 6.45) is 0.395. The Morgan fingerprint density at radius 2 is 0.892 bits per heavy atom. The van der Waals surface area contributed by atoms with Gasteiger partial charge in [0.2, 0.25) is 70.9 Å². The average molecular weight is 1180 g/mol. The number of rotatable bonds is 15. The van der Waals surface area contributed by atoms with Crippen molar-refractivity contribution in [1.29, 1.82) is 0 Å². The summed E-state index contributed by atoms with van der Waals surface area (Å²) in [7, 11) is 9.65. The Labute approximate surface area is 491 Å². The van der Waals surface area contributed by atoms with E-state index in [1.165, 1.54) is 96.6 Å². The summed E-state index contributed by atoms with van der Waals surface area (Å²) >= 11 is 0. The van der Waals surface area contributed by atoms with Gasteiger partial charge in [0, 0.05) is 69.3 Å². The zero-order valence-electron chi connectivity index (χ0n) is 53.1. The zero-order chi connectivity index (χ0) is 64.2. The molecule has 0 aromatic rings. The predicted octanol–water partition coefficient (Wildman–Crippen LogP) is 0.216. The van der Waals surface area contributed by atoms with E-state index in [2.05, 4.69) is 21.3 Å². The third kappa shape index (κ3) is 23.4. The van der Waals surface area contributed by atoms with Crippen molar-refractivity contribution in [2.24, 2.45) is 29.6 Å². The molecule has 0 aromatic carbocycles. The molecule has 472 valence electrons. The van der Waals surface area contributed by atoms with Gasteiger partial charge in [0.1, 0.15) is 48.3 Å². The second-order valence-electron chi connectivity index (χ2n) is 24.2. The van der Waals surface area contributed by atoms with Crippen molar-refractivity contribution in [3.63, 3.8) is 0 Å².